The fourth-order valence-electron chi connectivity index (χ4n) is 3.01. The highest BCUT2D eigenvalue weighted by Crippen LogP contribution is 2.47. The molecule has 2 heterocycles. The fraction of sp³-hybridized carbons (Fsp3) is 0.467. The number of halogens is 1. The van der Waals surface area contributed by atoms with Crippen molar-refractivity contribution in [1.29, 1.82) is 0 Å². The molecule has 19 heavy (non-hydrogen) atoms. The summed E-state index contributed by atoms with van der Waals surface area (Å²) in [7, 11) is 0. The van der Waals surface area contributed by atoms with Crippen molar-refractivity contribution < 1.29 is 9.50 Å². The van der Waals surface area contributed by atoms with E-state index in [4.69, 9.17) is 0 Å². The third-order valence-corrected chi connectivity index (χ3v) is 5.28. The highest BCUT2D eigenvalue weighted by Gasteiger charge is 2.48. The largest absolute Gasteiger partial charge is 0.384 e. The summed E-state index contributed by atoms with van der Waals surface area (Å²) in [5.74, 6) is -0.299. The average molecular weight is 279 g/mol. The standard InChI is InChI=1S/C15H18FNOS/c1-14(2)9-17-7-6-15(14,18)12-11(16)4-3-10-5-8-19-13(10)12/h3-5,8,17-18H,6-7,9H2,1-2H3. The van der Waals surface area contributed by atoms with E-state index in [-0.39, 0.29) is 5.82 Å². The van der Waals surface area contributed by atoms with E-state index in [1.165, 1.54) is 17.4 Å². The van der Waals surface area contributed by atoms with Gasteiger partial charge in [0.15, 0.2) is 0 Å². The van der Waals surface area contributed by atoms with Crippen molar-refractivity contribution in [3.8, 4) is 0 Å². The number of hydrogen-bond acceptors (Lipinski definition) is 3. The van der Waals surface area contributed by atoms with Gasteiger partial charge in [-0.1, -0.05) is 19.9 Å². The number of rotatable bonds is 1. The molecule has 1 aliphatic rings. The lowest BCUT2D eigenvalue weighted by molar-refractivity contribution is -0.0954. The Hall–Kier alpha value is -0.970. The van der Waals surface area contributed by atoms with Gasteiger partial charge >= 0.3 is 0 Å². The first-order valence-corrected chi connectivity index (χ1v) is 7.43. The summed E-state index contributed by atoms with van der Waals surface area (Å²) in [5, 5.41) is 17.4. The van der Waals surface area contributed by atoms with Crippen molar-refractivity contribution >= 4 is 21.4 Å². The van der Waals surface area contributed by atoms with E-state index >= 15 is 0 Å². The molecule has 2 aromatic rings. The van der Waals surface area contributed by atoms with E-state index in [0.717, 1.165) is 10.1 Å². The second-order valence-corrected chi connectivity index (χ2v) is 6.85. The van der Waals surface area contributed by atoms with Crippen LogP contribution in [0, 0.1) is 11.2 Å². The highest BCUT2D eigenvalue weighted by molar-refractivity contribution is 7.17. The predicted molar refractivity (Wildman–Crippen MR) is 76.9 cm³/mol. The van der Waals surface area contributed by atoms with Crippen LogP contribution in [0.25, 0.3) is 10.1 Å². The molecular weight excluding hydrogens is 261 g/mol. The van der Waals surface area contributed by atoms with Gasteiger partial charge in [-0.05, 0) is 35.9 Å². The third kappa shape index (κ3) is 1.82. The van der Waals surface area contributed by atoms with Crippen LogP contribution < -0.4 is 5.32 Å². The SMILES string of the molecule is CC1(C)CNCCC1(O)c1c(F)ccc2ccsc12. The highest BCUT2D eigenvalue weighted by atomic mass is 32.1. The minimum Gasteiger partial charge on any atom is -0.384 e. The van der Waals surface area contributed by atoms with E-state index in [2.05, 4.69) is 5.32 Å². The lowest BCUT2D eigenvalue weighted by Crippen LogP contribution is -2.54. The molecule has 1 fully saturated rings. The number of nitrogens with one attached hydrogen (secondary N) is 1. The van der Waals surface area contributed by atoms with Crippen molar-refractivity contribution in [2.75, 3.05) is 13.1 Å². The van der Waals surface area contributed by atoms with Gasteiger partial charge in [0.2, 0.25) is 0 Å². The molecule has 1 unspecified atom stereocenters. The van der Waals surface area contributed by atoms with Crippen LogP contribution in [-0.2, 0) is 5.60 Å². The summed E-state index contributed by atoms with van der Waals surface area (Å²) in [4.78, 5) is 0. The Labute approximate surface area is 116 Å². The summed E-state index contributed by atoms with van der Waals surface area (Å²) in [5.41, 5.74) is -1.04. The maximum Gasteiger partial charge on any atom is 0.130 e. The molecule has 4 heteroatoms. The number of thiophene rings is 1. The Morgan fingerprint density at radius 3 is 2.84 bits per heavy atom. The predicted octanol–water partition coefficient (Wildman–Crippen LogP) is 3.25. The van der Waals surface area contributed by atoms with Crippen LogP contribution in [0.4, 0.5) is 4.39 Å². The van der Waals surface area contributed by atoms with Crippen molar-refractivity contribution in [3.05, 3.63) is 35.0 Å². The monoisotopic (exact) mass is 279 g/mol. The quantitative estimate of drug-likeness (QED) is 0.840. The summed E-state index contributed by atoms with van der Waals surface area (Å²) in [6.07, 6.45) is 0.536. The second kappa shape index (κ2) is 4.27. The van der Waals surface area contributed by atoms with Gasteiger partial charge in [0, 0.05) is 22.2 Å². The molecular formula is C15H18FNOS. The van der Waals surface area contributed by atoms with Gasteiger partial charge in [0.25, 0.3) is 0 Å². The molecule has 0 spiro atoms. The first-order chi connectivity index (χ1) is 8.96. The van der Waals surface area contributed by atoms with Crippen molar-refractivity contribution in [2.45, 2.75) is 25.9 Å². The summed E-state index contributed by atoms with van der Waals surface area (Å²) in [6, 6.07) is 5.23. The molecule has 1 saturated heterocycles. The molecule has 0 amide bonds. The molecule has 0 aliphatic carbocycles. The molecule has 3 rings (SSSR count). The third-order valence-electron chi connectivity index (χ3n) is 4.33. The number of fused-ring (bicyclic) bond motifs is 1. The normalized spacial score (nSPS) is 26.7. The van der Waals surface area contributed by atoms with Crippen LogP contribution in [0.3, 0.4) is 0 Å². The zero-order valence-corrected chi connectivity index (χ0v) is 12.0. The van der Waals surface area contributed by atoms with Gasteiger partial charge < -0.3 is 10.4 Å². The van der Waals surface area contributed by atoms with Crippen molar-refractivity contribution in [2.24, 2.45) is 5.41 Å². The molecule has 1 aromatic heterocycles. The van der Waals surface area contributed by atoms with Gasteiger partial charge in [-0.2, -0.15) is 0 Å². The van der Waals surface area contributed by atoms with Gasteiger partial charge in [0.1, 0.15) is 11.4 Å². The van der Waals surface area contributed by atoms with Crippen LogP contribution in [0.15, 0.2) is 23.6 Å². The van der Waals surface area contributed by atoms with Crippen molar-refractivity contribution in [3.63, 3.8) is 0 Å². The van der Waals surface area contributed by atoms with Crippen LogP contribution in [-0.4, -0.2) is 18.2 Å². The Balaban J connectivity index is 2.27. The van der Waals surface area contributed by atoms with Gasteiger partial charge in [-0.25, -0.2) is 4.39 Å². The zero-order chi connectivity index (χ0) is 13.7. The molecule has 1 aromatic carbocycles. The first-order valence-electron chi connectivity index (χ1n) is 6.55. The van der Waals surface area contributed by atoms with E-state index < -0.39 is 11.0 Å². The summed E-state index contributed by atoms with van der Waals surface area (Å²) in [6.45, 7) is 5.38. The van der Waals surface area contributed by atoms with E-state index in [1.54, 1.807) is 6.07 Å². The lowest BCUT2D eigenvalue weighted by Gasteiger charge is -2.47. The lowest BCUT2D eigenvalue weighted by atomic mass is 9.67. The minimum atomic E-state index is -1.12. The van der Waals surface area contributed by atoms with Gasteiger partial charge in [-0.15, -0.1) is 11.3 Å². The smallest absolute Gasteiger partial charge is 0.130 e. The number of piperidine rings is 1. The van der Waals surface area contributed by atoms with E-state index in [0.29, 0.717) is 25.1 Å². The van der Waals surface area contributed by atoms with Crippen LogP contribution in [0.2, 0.25) is 0 Å². The Morgan fingerprint density at radius 1 is 1.32 bits per heavy atom. The Bertz CT molecular complexity index is 622. The van der Waals surface area contributed by atoms with Crippen LogP contribution in [0.1, 0.15) is 25.8 Å². The van der Waals surface area contributed by atoms with Crippen LogP contribution in [0.5, 0.6) is 0 Å². The fourth-order valence-corrected chi connectivity index (χ4v) is 4.02. The number of aliphatic hydroxyl groups is 1. The zero-order valence-electron chi connectivity index (χ0n) is 11.2. The number of hydrogen-bond donors (Lipinski definition) is 2. The molecule has 0 radical (unpaired) electrons. The average Bonchev–Trinajstić information content (AvgIpc) is 2.80. The number of benzene rings is 1. The van der Waals surface area contributed by atoms with Crippen molar-refractivity contribution in [1.82, 2.24) is 5.32 Å². The molecule has 0 bridgehead atoms. The molecule has 0 saturated carbocycles. The molecule has 102 valence electrons. The Morgan fingerprint density at radius 2 is 2.11 bits per heavy atom. The van der Waals surface area contributed by atoms with Crippen LogP contribution >= 0.6 is 11.3 Å². The minimum absolute atomic E-state index is 0.299. The maximum absolute atomic E-state index is 14.4. The van der Waals surface area contributed by atoms with Gasteiger partial charge in [0.05, 0.1) is 0 Å². The second-order valence-electron chi connectivity index (χ2n) is 5.93. The molecule has 1 atom stereocenters. The molecule has 2 N–H and O–H groups in total. The summed E-state index contributed by atoms with van der Waals surface area (Å²) < 4.78 is 15.3. The summed E-state index contributed by atoms with van der Waals surface area (Å²) >= 11 is 1.50. The Kier molecular flexibility index (Phi) is 2.93. The van der Waals surface area contributed by atoms with Gasteiger partial charge in [-0.3, -0.25) is 0 Å². The first kappa shape index (κ1) is 13.0. The van der Waals surface area contributed by atoms with E-state index in [9.17, 15) is 9.50 Å². The maximum atomic E-state index is 14.4. The molecule has 1 aliphatic heterocycles. The van der Waals surface area contributed by atoms with E-state index in [1.807, 2.05) is 25.3 Å². The molecule has 2 nitrogen and oxygen atoms in total. The topological polar surface area (TPSA) is 32.3 Å².